The lowest BCUT2D eigenvalue weighted by Crippen LogP contribution is -2.42. The molecule has 3 rings (SSSR count). The van der Waals surface area contributed by atoms with E-state index in [-0.39, 0.29) is 36.6 Å². The molecule has 1 N–H and O–H groups in total. The van der Waals surface area contributed by atoms with Gasteiger partial charge in [0.25, 0.3) is 5.91 Å². The maximum atomic E-state index is 12.2. The lowest BCUT2D eigenvalue weighted by molar-refractivity contribution is -0.134. The molecule has 2 unspecified atom stereocenters. The van der Waals surface area contributed by atoms with Gasteiger partial charge in [0.15, 0.2) is 5.78 Å². The van der Waals surface area contributed by atoms with Crippen molar-refractivity contribution >= 4 is 17.6 Å². The van der Waals surface area contributed by atoms with Crippen LogP contribution in [0.5, 0.6) is 0 Å². The summed E-state index contributed by atoms with van der Waals surface area (Å²) in [6.45, 7) is 0.0602. The Morgan fingerprint density at radius 2 is 2.12 bits per heavy atom. The van der Waals surface area contributed by atoms with Gasteiger partial charge in [0, 0.05) is 12.0 Å². The van der Waals surface area contributed by atoms with Crippen molar-refractivity contribution in [3.05, 3.63) is 23.8 Å². The van der Waals surface area contributed by atoms with Crippen LogP contribution in [-0.2, 0) is 14.4 Å². The number of ketones is 1. The first-order valence-electron chi connectivity index (χ1n) is 5.66. The predicted octanol–water partition coefficient (Wildman–Crippen LogP) is -0.459. The monoisotopic (exact) mass is 232 g/mol. The Morgan fingerprint density at radius 3 is 2.94 bits per heavy atom. The summed E-state index contributed by atoms with van der Waals surface area (Å²) in [5.41, 5.74) is 0.582. The van der Waals surface area contributed by atoms with E-state index >= 15 is 0 Å². The van der Waals surface area contributed by atoms with E-state index in [4.69, 9.17) is 0 Å². The van der Waals surface area contributed by atoms with Crippen molar-refractivity contribution in [2.24, 2.45) is 0 Å². The number of amides is 2. The summed E-state index contributed by atoms with van der Waals surface area (Å²) in [6, 6.07) is -0.845. The quantitative estimate of drug-likeness (QED) is 0.614. The zero-order valence-corrected chi connectivity index (χ0v) is 9.18. The number of nitrogens with zero attached hydrogens (tertiary/aromatic N) is 1. The maximum absolute atomic E-state index is 12.2. The molecule has 0 bridgehead atoms. The van der Waals surface area contributed by atoms with Gasteiger partial charge in [0.2, 0.25) is 5.91 Å². The first-order chi connectivity index (χ1) is 8.16. The minimum Gasteiger partial charge on any atom is -0.347 e. The molecule has 17 heavy (non-hydrogen) atoms. The summed E-state index contributed by atoms with van der Waals surface area (Å²) >= 11 is 0. The summed E-state index contributed by atoms with van der Waals surface area (Å²) in [4.78, 5) is 36.9. The minimum absolute atomic E-state index is 0.0519. The van der Waals surface area contributed by atoms with Gasteiger partial charge in [-0.05, 0) is 6.42 Å². The molecule has 0 aromatic heterocycles. The van der Waals surface area contributed by atoms with Crippen molar-refractivity contribution in [1.82, 2.24) is 10.2 Å². The highest BCUT2D eigenvalue weighted by Crippen LogP contribution is 2.25. The van der Waals surface area contributed by atoms with Gasteiger partial charge in [-0.2, -0.15) is 0 Å². The topological polar surface area (TPSA) is 66.5 Å². The molecule has 3 aliphatic rings. The fraction of sp³-hybridized carbons (Fsp3) is 0.417. The van der Waals surface area contributed by atoms with Crippen LogP contribution in [0.4, 0.5) is 0 Å². The fourth-order valence-electron chi connectivity index (χ4n) is 2.56. The molecule has 0 spiro atoms. The summed E-state index contributed by atoms with van der Waals surface area (Å²) in [7, 11) is 0. The molecule has 2 fully saturated rings. The first-order valence-corrected chi connectivity index (χ1v) is 5.66. The molecule has 0 radical (unpaired) electrons. The molecule has 88 valence electrons. The molecule has 0 aromatic carbocycles. The Morgan fingerprint density at radius 1 is 1.29 bits per heavy atom. The van der Waals surface area contributed by atoms with Crippen LogP contribution in [-0.4, -0.2) is 41.1 Å². The van der Waals surface area contributed by atoms with E-state index in [1.807, 2.05) is 12.2 Å². The van der Waals surface area contributed by atoms with Crippen LogP contribution in [0.25, 0.3) is 0 Å². The smallest absolute Gasteiger partial charge is 0.252 e. The largest absolute Gasteiger partial charge is 0.347 e. The van der Waals surface area contributed by atoms with Gasteiger partial charge in [0.05, 0.1) is 12.6 Å². The molecule has 0 saturated carbocycles. The highest BCUT2D eigenvalue weighted by atomic mass is 16.2. The molecule has 2 amide bonds. The van der Waals surface area contributed by atoms with Crippen LogP contribution in [0.3, 0.4) is 0 Å². The second-order valence-electron chi connectivity index (χ2n) is 4.54. The number of hydrogen-bond donors (Lipinski definition) is 1. The summed E-state index contributed by atoms with van der Waals surface area (Å²) in [5.74, 6) is -0.453. The second kappa shape index (κ2) is 3.55. The molecule has 0 aromatic rings. The van der Waals surface area contributed by atoms with Crippen LogP contribution in [0, 0.1) is 0 Å². The lowest BCUT2D eigenvalue weighted by Gasteiger charge is -2.20. The third-order valence-electron chi connectivity index (χ3n) is 3.43. The number of hydrogen-bond acceptors (Lipinski definition) is 3. The van der Waals surface area contributed by atoms with E-state index in [2.05, 4.69) is 5.32 Å². The number of fused-ring (bicyclic) bond motifs is 2. The van der Waals surface area contributed by atoms with Gasteiger partial charge in [-0.15, -0.1) is 0 Å². The molecule has 2 aliphatic heterocycles. The molecule has 1 aliphatic carbocycles. The van der Waals surface area contributed by atoms with Crippen molar-refractivity contribution in [1.29, 1.82) is 0 Å². The summed E-state index contributed by atoms with van der Waals surface area (Å²) < 4.78 is 0. The lowest BCUT2D eigenvalue weighted by atomic mass is 9.98. The van der Waals surface area contributed by atoms with E-state index in [1.54, 1.807) is 6.08 Å². The fourth-order valence-corrected chi connectivity index (χ4v) is 2.56. The number of carbonyl (C=O) groups is 3. The van der Waals surface area contributed by atoms with Crippen LogP contribution < -0.4 is 5.32 Å². The van der Waals surface area contributed by atoms with Gasteiger partial charge in [-0.25, -0.2) is 0 Å². The molecule has 5 heteroatoms. The van der Waals surface area contributed by atoms with E-state index in [0.29, 0.717) is 12.0 Å². The maximum Gasteiger partial charge on any atom is 0.252 e. The molecule has 2 heterocycles. The predicted molar refractivity (Wildman–Crippen MR) is 58.9 cm³/mol. The number of Topliss-reactive ketones (excluding diaryl/α,β-unsaturated/α-hetero) is 1. The normalized spacial score (nSPS) is 31.6. The van der Waals surface area contributed by atoms with Crippen molar-refractivity contribution < 1.29 is 14.4 Å². The first kappa shape index (κ1) is 10.3. The number of carbonyl (C=O) groups excluding carboxylic acids is 3. The van der Waals surface area contributed by atoms with E-state index < -0.39 is 6.04 Å². The Labute approximate surface area is 98.2 Å². The molecule has 2 saturated heterocycles. The zero-order valence-electron chi connectivity index (χ0n) is 9.18. The van der Waals surface area contributed by atoms with Crippen LogP contribution in [0.1, 0.15) is 12.8 Å². The Bertz CT molecular complexity index is 478. The third kappa shape index (κ3) is 1.50. The van der Waals surface area contributed by atoms with Gasteiger partial charge in [-0.3, -0.25) is 14.4 Å². The third-order valence-corrected chi connectivity index (χ3v) is 3.43. The zero-order chi connectivity index (χ0) is 12.0. The SMILES string of the molecule is O=C1CC2C(=O)NC3CC=CC=C3C(=O)N2C1. The summed E-state index contributed by atoms with van der Waals surface area (Å²) in [5, 5.41) is 2.83. The highest BCUT2D eigenvalue weighted by Gasteiger charge is 2.44. The number of allylic oxidation sites excluding steroid dienone is 2. The van der Waals surface area contributed by atoms with Gasteiger partial charge < -0.3 is 10.2 Å². The van der Waals surface area contributed by atoms with Gasteiger partial charge in [-0.1, -0.05) is 18.2 Å². The highest BCUT2D eigenvalue weighted by molar-refractivity contribution is 6.06. The van der Waals surface area contributed by atoms with Crippen LogP contribution in [0.2, 0.25) is 0 Å². The Balaban J connectivity index is 2.01. The van der Waals surface area contributed by atoms with E-state index in [0.717, 1.165) is 0 Å². The van der Waals surface area contributed by atoms with Crippen molar-refractivity contribution in [2.45, 2.75) is 24.9 Å². The Kier molecular flexibility index (Phi) is 2.14. The molecule has 2 atom stereocenters. The van der Waals surface area contributed by atoms with Crippen LogP contribution in [0.15, 0.2) is 23.8 Å². The van der Waals surface area contributed by atoms with E-state index in [9.17, 15) is 14.4 Å². The van der Waals surface area contributed by atoms with Crippen molar-refractivity contribution in [2.75, 3.05) is 6.54 Å². The minimum atomic E-state index is -0.610. The Hall–Kier alpha value is -1.91. The average Bonchev–Trinajstić information content (AvgIpc) is 2.67. The van der Waals surface area contributed by atoms with Crippen molar-refractivity contribution in [3.8, 4) is 0 Å². The standard InChI is InChI=1S/C12H12N2O3/c15-7-5-10-11(16)13-9-4-2-1-3-8(9)12(17)14(10)6-7/h1-3,9-10H,4-6H2,(H,13,16). The molecular weight excluding hydrogens is 220 g/mol. The number of rotatable bonds is 0. The van der Waals surface area contributed by atoms with Gasteiger partial charge in [0.1, 0.15) is 6.04 Å². The van der Waals surface area contributed by atoms with Crippen molar-refractivity contribution in [3.63, 3.8) is 0 Å². The summed E-state index contributed by atoms with van der Waals surface area (Å²) in [6.07, 6.45) is 6.24. The average molecular weight is 232 g/mol. The molecular formula is C12H12N2O3. The second-order valence-corrected chi connectivity index (χ2v) is 4.54. The van der Waals surface area contributed by atoms with E-state index in [1.165, 1.54) is 4.90 Å². The van der Waals surface area contributed by atoms with Gasteiger partial charge >= 0.3 is 0 Å². The molecule has 5 nitrogen and oxygen atoms in total. The number of nitrogens with one attached hydrogen (secondary N) is 1. The van der Waals surface area contributed by atoms with Crippen LogP contribution >= 0.6 is 0 Å².